The zero-order valence-corrected chi connectivity index (χ0v) is 11.1. The first-order valence-electron chi connectivity index (χ1n) is 6.07. The van der Waals surface area contributed by atoms with Crippen LogP contribution in [0, 0.1) is 43.9 Å². The Bertz CT molecular complexity index is 793. The molecule has 0 saturated heterocycles. The summed E-state index contributed by atoms with van der Waals surface area (Å²) in [5, 5.41) is 21.3. The Morgan fingerprint density at radius 2 is 1.14 bits per heavy atom. The lowest BCUT2D eigenvalue weighted by atomic mass is 10.2. The second-order valence-electron chi connectivity index (χ2n) is 4.11. The van der Waals surface area contributed by atoms with E-state index in [9.17, 15) is 20.2 Å². The van der Waals surface area contributed by atoms with Gasteiger partial charge in [-0.25, -0.2) is 0 Å². The number of rotatable bonds is 2. The van der Waals surface area contributed by atoms with Crippen molar-refractivity contribution >= 4 is 11.4 Å². The number of hydrogen-bond donors (Lipinski definition) is 0. The molecule has 2 aromatic carbocycles. The smallest absolute Gasteiger partial charge is 0.258 e. The van der Waals surface area contributed by atoms with Crippen molar-refractivity contribution in [2.45, 2.75) is 0 Å². The van der Waals surface area contributed by atoms with Crippen LogP contribution in [0.25, 0.3) is 0 Å². The van der Waals surface area contributed by atoms with Gasteiger partial charge in [-0.1, -0.05) is 24.0 Å². The van der Waals surface area contributed by atoms with Gasteiger partial charge in [-0.05, 0) is 24.0 Å². The molecule has 0 aliphatic rings. The minimum atomic E-state index is -0.500. The maximum Gasteiger partial charge on any atom is 0.270 e. The molecule has 0 bridgehead atoms. The first-order valence-corrected chi connectivity index (χ1v) is 6.07. The third kappa shape index (κ3) is 3.92. The van der Waals surface area contributed by atoms with Crippen LogP contribution in [0.3, 0.4) is 0 Å². The summed E-state index contributed by atoms with van der Waals surface area (Å²) in [5.41, 5.74) is 0.863. The minimum absolute atomic E-state index is 0.0431. The fraction of sp³-hybridized carbons (Fsp3) is 0. The van der Waals surface area contributed by atoms with Crippen LogP contribution in [-0.4, -0.2) is 9.85 Å². The van der Waals surface area contributed by atoms with Crippen molar-refractivity contribution in [3.05, 3.63) is 79.9 Å². The fourth-order valence-electron chi connectivity index (χ4n) is 1.60. The average Bonchev–Trinajstić information content (AvgIpc) is 2.52. The first-order chi connectivity index (χ1) is 10.6. The lowest BCUT2D eigenvalue weighted by Crippen LogP contribution is -1.87. The van der Waals surface area contributed by atoms with Gasteiger partial charge in [0.1, 0.15) is 0 Å². The molecule has 6 nitrogen and oxygen atoms in total. The molecule has 0 aliphatic heterocycles. The zero-order valence-electron chi connectivity index (χ0n) is 11.1. The highest BCUT2D eigenvalue weighted by Gasteiger charge is 2.04. The van der Waals surface area contributed by atoms with E-state index < -0.39 is 9.85 Å². The number of nitro groups is 2. The Morgan fingerprint density at radius 1 is 0.727 bits per heavy atom. The molecular weight excluding hydrogens is 284 g/mol. The predicted molar refractivity (Wildman–Crippen MR) is 79.9 cm³/mol. The van der Waals surface area contributed by atoms with Gasteiger partial charge < -0.3 is 0 Å². The van der Waals surface area contributed by atoms with Crippen LogP contribution < -0.4 is 0 Å². The van der Waals surface area contributed by atoms with Crippen LogP contribution >= 0.6 is 0 Å². The van der Waals surface area contributed by atoms with Gasteiger partial charge in [0.15, 0.2) is 0 Å². The summed E-state index contributed by atoms with van der Waals surface area (Å²) in [7, 11) is 0. The molecule has 0 atom stereocenters. The Hall–Kier alpha value is -3.64. The van der Waals surface area contributed by atoms with Crippen LogP contribution in [0.4, 0.5) is 11.4 Å². The van der Waals surface area contributed by atoms with Crippen molar-refractivity contribution in [3.63, 3.8) is 0 Å². The van der Waals surface area contributed by atoms with Gasteiger partial charge in [0, 0.05) is 35.4 Å². The molecule has 0 aromatic heterocycles. The SMILES string of the molecule is O=[N+]([O-])c1cccc(C#CC#Cc2cccc([N+](=O)[O-])c2)c1. The molecule has 22 heavy (non-hydrogen) atoms. The Morgan fingerprint density at radius 3 is 1.50 bits per heavy atom. The molecule has 0 heterocycles. The molecule has 0 fully saturated rings. The van der Waals surface area contributed by atoms with E-state index in [0.717, 1.165) is 0 Å². The van der Waals surface area contributed by atoms with Crippen LogP contribution in [0.15, 0.2) is 48.5 Å². The van der Waals surface area contributed by atoms with Gasteiger partial charge in [0.05, 0.1) is 9.85 Å². The molecular formula is C16H8N2O4. The standard InChI is InChI=1S/C16H8N2O4/c19-17(20)15-9-3-7-13(11-15)5-1-2-6-14-8-4-10-16(12-14)18(21)22/h3-4,7-12H. The average molecular weight is 292 g/mol. The lowest BCUT2D eigenvalue weighted by Gasteiger charge is -1.91. The van der Waals surface area contributed by atoms with E-state index in [4.69, 9.17) is 0 Å². The van der Waals surface area contributed by atoms with E-state index in [0.29, 0.717) is 11.1 Å². The number of benzene rings is 2. The predicted octanol–water partition coefficient (Wildman–Crippen LogP) is 2.91. The van der Waals surface area contributed by atoms with Crippen molar-refractivity contribution in [1.29, 1.82) is 0 Å². The van der Waals surface area contributed by atoms with E-state index in [2.05, 4.69) is 23.7 Å². The number of nitro benzene ring substituents is 2. The summed E-state index contributed by atoms with van der Waals surface area (Å²) in [6, 6.07) is 11.8. The monoisotopic (exact) mass is 292 g/mol. The summed E-state index contributed by atoms with van der Waals surface area (Å²) in [6.45, 7) is 0. The lowest BCUT2D eigenvalue weighted by molar-refractivity contribution is -0.385. The van der Waals surface area contributed by atoms with Crippen LogP contribution in [0.5, 0.6) is 0 Å². The van der Waals surface area contributed by atoms with E-state index in [1.54, 1.807) is 12.1 Å². The summed E-state index contributed by atoms with van der Waals surface area (Å²) in [5.74, 6) is 10.5. The number of non-ortho nitro benzene ring substituents is 2. The molecule has 2 aromatic rings. The molecule has 0 unspecified atom stereocenters. The van der Waals surface area contributed by atoms with Crippen molar-refractivity contribution < 1.29 is 9.85 Å². The Balaban J connectivity index is 2.18. The maximum absolute atomic E-state index is 10.6. The highest BCUT2D eigenvalue weighted by Crippen LogP contribution is 2.12. The van der Waals surface area contributed by atoms with Crippen LogP contribution in [-0.2, 0) is 0 Å². The minimum Gasteiger partial charge on any atom is -0.258 e. The van der Waals surface area contributed by atoms with Crippen molar-refractivity contribution in [1.82, 2.24) is 0 Å². The number of nitrogens with zero attached hydrogens (tertiary/aromatic N) is 2. The molecule has 106 valence electrons. The number of hydrogen-bond acceptors (Lipinski definition) is 4. The summed E-state index contributed by atoms with van der Waals surface area (Å²) < 4.78 is 0. The highest BCUT2D eigenvalue weighted by atomic mass is 16.6. The molecule has 0 N–H and O–H groups in total. The molecule has 2 rings (SSSR count). The quantitative estimate of drug-likeness (QED) is 0.484. The topological polar surface area (TPSA) is 86.3 Å². The van der Waals surface area contributed by atoms with Crippen LogP contribution in [0.1, 0.15) is 11.1 Å². The highest BCUT2D eigenvalue weighted by molar-refractivity contribution is 5.49. The molecule has 0 aliphatic carbocycles. The first kappa shape index (κ1) is 14.8. The van der Waals surface area contributed by atoms with E-state index in [-0.39, 0.29) is 11.4 Å². The van der Waals surface area contributed by atoms with Crippen LogP contribution in [0.2, 0.25) is 0 Å². The summed E-state index contributed by atoms with van der Waals surface area (Å²) in [6.07, 6.45) is 0. The fourth-order valence-corrected chi connectivity index (χ4v) is 1.60. The van der Waals surface area contributed by atoms with E-state index in [1.165, 1.54) is 36.4 Å². The summed E-state index contributed by atoms with van der Waals surface area (Å²) >= 11 is 0. The Labute approximate surface area is 125 Å². The largest absolute Gasteiger partial charge is 0.270 e. The maximum atomic E-state index is 10.6. The molecule has 0 spiro atoms. The third-order valence-corrected chi connectivity index (χ3v) is 2.59. The van der Waals surface area contributed by atoms with Crippen molar-refractivity contribution in [3.8, 4) is 23.7 Å². The van der Waals surface area contributed by atoms with Crippen molar-refractivity contribution in [2.24, 2.45) is 0 Å². The normalized spacial score (nSPS) is 8.91. The zero-order chi connectivity index (χ0) is 15.9. The summed E-state index contributed by atoms with van der Waals surface area (Å²) in [4.78, 5) is 20.3. The van der Waals surface area contributed by atoms with Gasteiger partial charge in [-0.15, -0.1) is 0 Å². The van der Waals surface area contributed by atoms with E-state index in [1.807, 2.05) is 0 Å². The van der Waals surface area contributed by atoms with Gasteiger partial charge in [0.2, 0.25) is 0 Å². The molecule has 6 heteroatoms. The van der Waals surface area contributed by atoms with Crippen molar-refractivity contribution in [2.75, 3.05) is 0 Å². The second-order valence-corrected chi connectivity index (χ2v) is 4.11. The van der Waals surface area contributed by atoms with Gasteiger partial charge in [0.25, 0.3) is 11.4 Å². The van der Waals surface area contributed by atoms with Gasteiger partial charge in [-0.3, -0.25) is 20.2 Å². The van der Waals surface area contributed by atoms with Gasteiger partial charge in [-0.2, -0.15) is 0 Å². The molecule has 0 radical (unpaired) electrons. The molecule has 0 amide bonds. The second kappa shape index (κ2) is 6.69. The molecule has 0 saturated carbocycles. The Kier molecular flexibility index (Phi) is 4.49. The van der Waals surface area contributed by atoms with Gasteiger partial charge >= 0.3 is 0 Å². The third-order valence-electron chi connectivity index (χ3n) is 2.59. The van der Waals surface area contributed by atoms with E-state index >= 15 is 0 Å².